The van der Waals surface area contributed by atoms with Gasteiger partial charge in [0.25, 0.3) is 0 Å². The molecule has 1 aliphatic carbocycles. The summed E-state index contributed by atoms with van der Waals surface area (Å²) in [6, 6.07) is -0.570. The molecule has 0 heterocycles. The highest BCUT2D eigenvalue weighted by Gasteiger charge is 2.36. The Kier molecular flexibility index (Phi) is 6.46. The van der Waals surface area contributed by atoms with Crippen LogP contribution in [0.3, 0.4) is 0 Å². The molecule has 0 saturated heterocycles. The van der Waals surface area contributed by atoms with Crippen LogP contribution in [-0.2, 0) is 9.59 Å². The van der Waals surface area contributed by atoms with E-state index in [1.807, 2.05) is 4.90 Å². The number of carboxylic acid groups (broad SMARTS) is 1. The van der Waals surface area contributed by atoms with E-state index in [0.717, 1.165) is 25.9 Å². The molecule has 1 amide bonds. The molecule has 5 nitrogen and oxygen atoms in total. The highest BCUT2D eigenvalue weighted by Crippen LogP contribution is 2.32. The third-order valence-corrected chi connectivity index (χ3v) is 3.36. The van der Waals surface area contributed by atoms with Crippen molar-refractivity contribution in [3.63, 3.8) is 0 Å². The van der Waals surface area contributed by atoms with Crippen molar-refractivity contribution in [2.45, 2.75) is 46.6 Å². The highest BCUT2D eigenvalue weighted by atomic mass is 16.4. The Balaban J connectivity index is 2.49. The van der Waals surface area contributed by atoms with Gasteiger partial charge in [-0.1, -0.05) is 27.7 Å². The number of hydrogen-bond acceptors (Lipinski definition) is 3. The van der Waals surface area contributed by atoms with Crippen molar-refractivity contribution in [1.82, 2.24) is 10.2 Å². The van der Waals surface area contributed by atoms with Crippen LogP contribution in [0.4, 0.5) is 0 Å². The number of aliphatic carboxylic acids is 1. The van der Waals surface area contributed by atoms with Crippen LogP contribution < -0.4 is 5.32 Å². The molecule has 2 N–H and O–H groups in total. The van der Waals surface area contributed by atoms with Crippen molar-refractivity contribution in [1.29, 1.82) is 0 Å². The summed E-state index contributed by atoms with van der Waals surface area (Å²) >= 11 is 0. The van der Waals surface area contributed by atoms with Crippen LogP contribution >= 0.6 is 0 Å². The van der Waals surface area contributed by atoms with Crippen molar-refractivity contribution in [2.24, 2.45) is 17.8 Å². The van der Waals surface area contributed by atoms with Crippen LogP contribution in [0, 0.1) is 17.8 Å². The van der Waals surface area contributed by atoms with Gasteiger partial charge >= 0.3 is 5.97 Å². The van der Waals surface area contributed by atoms with Gasteiger partial charge in [-0.3, -0.25) is 14.9 Å². The van der Waals surface area contributed by atoms with Crippen LogP contribution in [0.15, 0.2) is 0 Å². The Bertz CT molecular complexity index is 328. The minimum absolute atomic E-state index is 0.000648. The number of rotatable bonds is 9. The quantitative estimate of drug-likeness (QED) is 0.674. The molecule has 116 valence electrons. The fourth-order valence-corrected chi connectivity index (χ4v) is 2.35. The third-order valence-electron chi connectivity index (χ3n) is 3.36. The van der Waals surface area contributed by atoms with Gasteiger partial charge in [0.15, 0.2) is 0 Å². The lowest BCUT2D eigenvalue weighted by Crippen LogP contribution is -2.47. The fourth-order valence-electron chi connectivity index (χ4n) is 2.35. The Morgan fingerprint density at radius 1 is 1.15 bits per heavy atom. The zero-order valence-electron chi connectivity index (χ0n) is 13.1. The van der Waals surface area contributed by atoms with Crippen molar-refractivity contribution in [3.05, 3.63) is 0 Å². The SMILES string of the molecule is CC(C)CN(CC(C)C)C(=O)CNC(C(=O)O)C1CC1. The number of carbonyl (C=O) groups is 2. The average Bonchev–Trinajstić information content (AvgIpc) is 3.10. The Hall–Kier alpha value is -1.10. The molecule has 1 rings (SSSR count). The van der Waals surface area contributed by atoms with Gasteiger partial charge in [0, 0.05) is 13.1 Å². The van der Waals surface area contributed by atoms with Crippen LogP contribution in [0.2, 0.25) is 0 Å². The summed E-state index contributed by atoms with van der Waals surface area (Å²) in [6.07, 6.45) is 1.89. The van der Waals surface area contributed by atoms with E-state index < -0.39 is 12.0 Å². The lowest BCUT2D eigenvalue weighted by atomic mass is 10.1. The summed E-state index contributed by atoms with van der Waals surface area (Å²) in [7, 11) is 0. The summed E-state index contributed by atoms with van der Waals surface area (Å²) in [5, 5.41) is 12.1. The molecule has 0 bridgehead atoms. The van der Waals surface area contributed by atoms with Gasteiger partial charge in [-0.25, -0.2) is 0 Å². The van der Waals surface area contributed by atoms with Crippen LogP contribution in [0.1, 0.15) is 40.5 Å². The number of nitrogens with zero attached hydrogens (tertiary/aromatic N) is 1. The van der Waals surface area contributed by atoms with E-state index in [-0.39, 0.29) is 18.4 Å². The Morgan fingerprint density at radius 2 is 1.65 bits per heavy atom. The molecule has 1 saturated carbocycles. The Labute approximate surface area is 121 Å². The molecule has 0 aromatic carbocycles. The third kappa shape index (κ3) is 5.90. The smallest absolute Gasteiger partial charge is 0.320 e. The molecule has 1 atom stereocenters. The number of hydrogen-bond donors (Lipinski definition) is 2. The summed E-state index contributed by atoms with van der Waals surface area (Å²) in [6.45, 7) is 9.89. The summed E-state index contributed by atoms with van der Waals surface area (Å²) in [4.78, 5) is 25.2. The van der Waals surface area contributed by atoms with Gasteiger partial charge in [0.05, 0.1) is 6.54 Å². The van der Waals surface area contributed by atoms with Gasteiger partial charge in [0.1, 0.15) is 6.04 Å². The molecule has 0 spiro atoms. The number of amides is 1. The van der Waals surface area contributed by atoms with Crippen molar-refractivity contribution >= 4 is 11.9 Å². The largest absolute Gasteiger partial charge is 0.480 e. The lowest BCUT2D eigenvalue weighted by molar-refractivity contribution is -0.140. The van der Waals surface area contributed by atoms with Gasteiger partial charge < -0.3 is 10.0 Å². The minimum Gasteiger partial charge on any atom is -0.480 e. The monoisotopic (exact) mass is 284 g/mol. The number of carbonyl (C=O) groups excluding carboxylic acids is 1. The van der Waals surface area contributed by atoms with Gasteiger partial charge in [-0.2, -0.15) is 0 Å². The second kappa shape index (κ2) is 7.62. The maximum atomic E-state index is 12.3. The van der Waals surface area contributed by atoms with E-state index >= 15 is 0 Å². The van der Waals surface area contributed by atoms with Gasteiger partial charge in [-0.15, -0.1) is 0 Å². The zero-order chi connectivity index (χ0) is 15.3. The first-order valence-electron chi connectivity index (χ1n) is 7.55. The Morgan fingerprint density at radius 3 is 2.00 bits per heavy atom. The topological polar surface area (TPSA) is 69.6 Å². The van der Waals surface area contributed by atoms with Crippen molar-refractivity contribution in [2.75, 3.05) is 19.6 Å². The van der Waals surface area contributed by atoms with E-state index in [2.05, 4.69) is 33.0 Å². The lowest BCUT2D eigenvalue weighted by Gasteiger charge is -2.27. The first-order chi connectivity index (χ1) is 9.31. The molecule has 1 unspecified atom stereocenters. The average molecular weight is 284 g/mol. The molecule has 5 heteroatoms. The van der Waals surface area contributed by atoms with E-state index in [1.165, 1.54) is 0 Å². The van der Waals surface area contributed by atoms with Gasteiger partial charge in [-0.05, 0) is 30.6 Å². The van der Waals surface area contributed by atoms with Crippen molar-refractivity contribution in [3.8, 4) is 0 Å². The predicted molar refractivity (Wildman–Crippen MR) is 78.4 cm³/mol. The molecule has 0 aliphatic heterocycles. The zero-order valence-corrected chi connectivity index (χ0v) is 13.1. The number of carboxylic acids is 1. The molecule has 20 heavy (non-hydrogen) atoms. The summed E-state index contributed by atoms with van der Waals surface area (Å²) < 4.78 is 0. The van der Waals surface area contributed by atoms with E-state index in [0.29, 0.717) is 11.8 Å². The fraction of sp³-hybridized carbons (Fsp3) is 0.867. The number of nitrogens with one attached hydrogen (secondary N) is 1. The van der Waals surface area contributed by atoms with Crippen LogP contribution in [-0.4, -0.2) is 47.6 Å². The normalized spacial score (nSPS) is 16.5. The molecule has 1 fully saturated rings. The van der Waals surface area contributed by atoms with E-state index in [4.69, 9.17) is 5.11 Å². The second-order valence-corrected chi connectivity index (χ2v) is 6.62. The summed E-state index contributed by atoms with van der Waals surface area (Å²) in [5.41, 5.74) is 0. The molecule has 0 aromatic heterocycles. The second-order valence-electron chi connectivity index (χ2n) is 6.62. The van der Waals surface area contributed by atoms with Crippen molar-refractivity contribution < 1.29 is 14.7 Å². The molecular formula is C15H28N2O3. The van der Waals surface area contributed by atoms with Gasteiger partial charge in [0.2, 0.25) is 5.91 Å². The van der Waals surface area contributed by atoms with Crippen LogP contribution in [0.25, 0.3) is 0 Å². The molecule has 0 aromatic rings. The highest BCUT2D eigenvalue weighted by molar-refractivity contribution is 5.80. The molecule has 0 radical (unpaired) electrons. The van der Waals surface area contributed by atoms with E-state index in [1.54, 1.807) is 0 Å². The summed E-state index contributed by atoms with van der Waals surface area (Å²) in [5.74, 6) is 0.177. The standard InChI is InChI=1S/C15H28N2O3/c1-10(2)8-17(9-11(3)4)13(18)7-16-14(15(19)20)12-5-6-12/h10-12,14,16H,5-9H2,1-4H3,(H,19,20). The van der Waals surface area contributed by atoms with Crippen LogP contribution in [0.5, 0.6) is 0 Å². The first kappa shape index (κ1) is 17.0. The molecule has 1 aliphatic rings. The molecular weight excluding hydrogens is 256 g/mol. The first-order valence-corrected chi connectivity index (χ1v) is 7.55. The predicted octanol–water partition coefficient (Wildman–Crippen LogP) is 1.58. The maximum Gasteiger partial charge on any atom is 0.320 e. The minimum atomic E-state index is -0.848. The maximum absolute atomic E-state index is 12.3. The van der Waals surface area contributed by atoms with E-state index in [9.17, 15) is 9.59 Å².